The van der Waals surface area contributed by atoms with Crippen molar-refractivity contribution in [2.45, 2.75) is 45.4 Å². The predicted octanol–water partition coefficient (Wildman–Crippen LogP) is 1.47. The van der Waals surface area contributed by atoms with Gasteiger partial charge in [-0.05, 0) is 12.3 Å². The second-order valence-corrected chi connectivity index (χ2v) is 4.98. The zero-order valence-corrected chi connectivity index (χ0v) is 11.3. The Kier molecular flexibility index (Phi) is 6.72. The van der Waals surface area contributed by atoms with E-state index in [1.54, 1.807) is 0 Å². The van der Waals surface area contributed by atoms with Crippen LogP contribution in [-0.4, -0.2) is 36.5 Å². The highest BCUT2D eigenvalue weighted by Gasteiger charge is 2.17. The summed E-state index contributed by atoms with van der Waals surface area (Å²) in [6.45, 7) is 2.62. The van der Waals surface area contributed by atoms with Crippen molar-refractivity contribution >= 4 is 11.9 Å². The molecule has 0 aromatic heterocycles. The van der Waals surface area contributed by atoms with Crippen molar-refractivity contribution in [3.63, 3.8) is 0 Å². The summed E-state index contributed by atoms with van der Waals surface area (Å²) >= 11 is 0. The lowest BCUT2D eigenvalue weighted by Crippen LogP contribution is -2.45. The van der Waals surface area contributed by atoms with E-state index in [1.165, 1.54) is 43.9 Å². The topological polar surface area (TPSA) is 75.4 Å². The molecule has 18 heavy (non-hydrogen) atoms. The Morgan fingerprint density at radius 1 is 1.28 bits per heavy atom. The minimum absolute atomic E-state index is 0.254. The van der Waals surface area contributed by atoms with Gasteiger partial charge in [0.05, 0.1) is 0 Å². The van der Waals surface area contributed by atoms with Crippen molar-refractivity contribution in [1.82, 2.24) is 10.2 Å². The van der Waals surface area contributed by atoms with Gasteiger partial charge in [0.1, 0.15) is 0 Å². The average Bonchev–Trinajstić information content (AvgIpc) is 2.36. The number of carbonyl (C=O) groups excluding carboxylic acids is 2. The Bertz CT molecular complexity index is 275. The highest BCUT2D eigenvalue weighted by Crippen LogP contribution is 2.25. The van der Waals surface area contributed by atoms with E-state index >= 15 is 0 Å². The van der Waals surface area contributed by atoms with Gasteiger partial charge in [0.15, 0.2) is 0 Å². The van der Waals surface area contributed by atoms with E-state index < -0.39 is 0 Å². The van der Waals surface area contributed by atoms with Gasteiger partial charge in [0.2, 0.25) is 5.91 Å². The van der Waals surface area contributed by atoms with Crippen LogP contribution in [0.4, 0.5) is 4.79 Å². The van der Waals surface area contributed by atoms with Gasteiger partial charge in [-0.3, -0.25) is 9.69 Å². The molecule has 1 saturated carbocycles. The predicted molar refractivity (Wildman–Crippen MR) is 71.0 cm³/mol. The van der Waals surface area contributed by atoms with Gasteiger partial charge in [0.25, 0.3) is 0 Å². The lowest BCUT2D eigenvalue weighted by atomic mass is 9.87. The first-order valence-electron chi connectivity index (χ1n) is 6.91. The summed E-state index contributed by atoms with van der Waals surface area (Å²) in [5.41, 5.74) is 5.38. The molecule has 0 radical (unpaired) electrons. The van der Waals surface area contributed by atoms with E-state index in [0.29, 0.717) is 13.1 Å². The Hall–Kier alpha value is -1.10. The van der Waals surface area contributed by atoms with Crippen molar-refractivity contribution in [3.05, 3.63) is 0 Å². The third-order valence-corrected chi connectivity index (χ3v) is 3.53. The van der Waals surface area contributed by atoms with E-state index in [4.69, 9.17) is 5.73 Å². The van der Waals surface area contributed by atoms with Crippen molar-refractivity contribution in [2.75, 3.05) is 19.6 Å². The second-order valence-electron chi connectivity index (χ2n) is 4.98. The highest BCUT2D eigenvalue weighted by molar-refractivity contribution is 5.93. The first-order valence-corrected chi connectivity index (χ1v) is 6.91. The van der Waals surface area contributed by atoms with Crippen molar-refractivity contribution in [1.29, 1.82) is 0 Å². The van der Waals surface area contributed by atoms with E-state index in [9.17, 15) is 9.59 Å². The molecular weight excluding hydrogens is 230 g/mol. The number of urea groups is 1. The molecule has 0 heterocycles. The van der Waals surface area contributed by atoms with Gasteiger partial charge >= 0.3 is 6.03 Å². The molecule has 0 aromatic rings. The molecule has 0 bridgehead atoms. The van der Waals surface area contributed by atoms with Crippen molar-refractivity contribution in [3.8, 4) is 0 Å². The van der Waals surface area contributed by atoms with Gasteiger partial charge in [-0.2, -0.15) is 0 Å². The molecule has 1 fully saturated rings. The fraction of sp³-hybridized carbons (Fsp3) is 0.846. The number of nitrogens with one attached hydrogen (secondary N) is 1. The van der Waals surface area contributed by atoms with Crippen LogP contribution in [-0.2, 0) is 4.79 Å². The summed E-state index contributed by atoms with van der Waals surface area (Å²) in [5.74, 6) is 0.481. The van der Waals surface area contributed by atoms with E-state index in [2.05, 4.69) is 5.32 Å². The molecule has 0 unspecified atom stereocenters. The summed E-state index contributed by atoms with van der Waals surface area (Å²) in [4.78, 5) is 24.2. The molecular formula is C13H25N3O2. The van der Waals surface area contributed by atoms with Crippen LogP contribution >= 0.6 is 0 Å². The fourth-order valence-electron chi connectivity index (χ4n) is 2.49. The Balaban J connectivity index is 2.23. The zero-order valence-electron chi connectivity index (χ0n) is 11.3. The van der Waals surface area contributed by atoms with Gasteiger partial charge in [-0.25, -0.2) is 4.79 Å². The maximum Gasteiger partial charge on any atom is 0.324 e. The molecule has 3 amide bonds. The molecule has 104 valence electrons. The Labute approximate surface area is 109 Å². The Morgan fingerprint density at radius 2 is 1.94 bits per heavy atom. The number of carbonyl (C=O) groups is 2. The van der Waals surface area contributed by atoms with Gasteiger partial charge in [-0.1, -0.05) is 32.1 Å². The van der Waals surface area contributed by atoms with Crippen LogP contribution in [0.25, 0.3) is 0 Å². The smallest absolute Gasteiger partial charge is 0.324 e. The van der Waals surface area contributed by atoms with Gasteiger partial charge in [-0.15, -0.1) is 0 Å². The van der Waals surface area contributed by atoms with E-state index in [-0.39, 0.29) is 18.5 Å². The van der Waals surface area contributed by atoms with Crippen LogP contribution in [0.3, 0.4) is 0 Å². The van der Waals surface area contributed by atoms with Gasteiger partial charge in [0, 0.05) is 26.6 Å². The van der Waals surface area contributed by atoms with Crippen LogP contribution < -0.4 is 11.1 Å². The minimum Gasteiger partial charge on any atom is -0.338 e. The summed E-state index contributed by atoms with van der Waals surface area (Å²) in [7, 11) is 0. The quantitative estimate of drug-likeness (QED) is 0.781. The molecule has 0 spiro atoms. The molecule has 0 aromatic carbocycles. The lowest BCUT2D eigenvalue weighted by Gasteiger charge is -2.23. The van der Waals surface area contributed by atoms with Crippen LogP contribution in [0.15, 0.2) is 0 Å². The van der Waals surface area contributed by atoms with Crippen LogP contribution in [0.5, 0.6) is 0 Å². The fourth-order valence-corrected chi connectivity index (χ4v) is 2.49. The number of nitrogens with two attached hydrogens (primary N) is 1. The number of rotatable bonds is 5. The SMILES string of the molecule is CC(=O)N(CCN)C(=O)NCCC1CCCCC1. The van der Waals surface area contributed by atoms with Crippen LogP contribution in [0.2, 0.25) is 0 Å². The summed E-state index contributed by atoms with van der Waals surface area (Å²) in [5, 5.41) is 2.81. The second kappa shape index (κ2) is 8.08. The number of hydrogen-bond donors (Lipinski definition) is 2. The largest absolute Gasteiger partial charge is 0.338 e. The first-order chi connectivity index (χ1) is 8.65. The Morgan fingerprint density at radius 3 is 2.50 bits per heavy atom. The third kappa shape index (κ3) is 5.04. The van der Waals surface area contributed by atoms with Crippen molar-refractivity contribution < 1.29 is 9.59 Å². The summed E-state index contributed by atoms with van der Waals surface area (Å²) < 4.78 is 0. The third-order valence-electron chi connectivity index (χ3n) is 3.53. The average molecular weight is 255 g/mol. The minimum atomic E-state index is -0.316. The molecule has 1 rings (SSSR count). The molecule has 0 aliphatic heterocycles. The molecule has 0 atom stereocenters. The summed E-state index contributed by atoms with van der Waals surface area (Å²) in [6, 6.07) is -0.316. The molecule has 3 N–H and O–H groups in total. The zero-order chi connectivity index (χ0) is 13.4. The first kappa shape index (κ1) is 15.0. The maximum atomic E-state index is 11.8. The normalized spacial score (nSPS) is 16.3. The van der Waals surface area contributed by atoms with E-state index in [0.717, 1.165) is 12.3 Å². The number of nitrogens with zero attached hydrogens (tertiary/aromatic N) is 1. The molecule has 5 heteroatoms. The number of hydrogen-bond acceptors (Lipinski definition) is 3. The lowest BCUT2D eigenvalue weighted by molar-refractivity contribution is -0.125. The molecule has 1 aliphatic carbocycles. The highest BCUT2D eigenvalue weighted by atomic mass is 16.2. The molecule has 0 saturated heterocycles. The molecule has 1 aliphatic rings. The van der Waals surface area contributed by atoms with Crippen LogP contribution in [0.1, 0.15) is 45.4 Å². The maximum absolute atomic E-state index is 11.8. The monoisotopic (exact) mass is 255 g/mol. The van der Waals surface area contributed by atoms with E-state index in [1.807, 2.05) is 0 Å². The van der Waals surface area contributed by atoms with Crippen molar-refractivity contribution in [2.24, 2.45) is 11.7 Å². The number of imide groups is 1. The van der Waals surface area contributed by atoms with Gasteiger partial charge < -0.3 is 11.1 Å². The van der Waals surface area contributed by atoms with Crippen LogP contribution in [0, 0.1) is 5.92 Å². The number of amides is 3. The standard InChI is InChI=1S/C13H25N3O2/c1-11(17)16(10-8-14)13(18)15-9-7-12-5-3-2-4-6-12/h12H,2-10,14H2,1H3,(H,15,18). The summed E-state index contributed by atoms with van der Waals surface area (Å²) in [6.07, 6.45) is 7.53. The molecule has 5 nitrogen and oxygen atoms in total.